The lowest BCUT2D eigenvalue weighted by molar-refractivity contribution is -0.125. The first-order chi connectivity index (χ1) is 8.45. The van der Waals surface area contributed by atoms with Gasteiger partial charge in [0.25, 0.3) is 0 Å². The average Bonchev–Trinajstić information content (AvgIpc) is 2.21. The maximum Gasteiger partial charge on any atom is 0.237 e. The fourth-order valence-corrected chi connectivity index (χ4v) is 2.24. The third kappa shape index (κ3) is 2.08. The molecule has 0 radical (unpaired) electrons. The summed E-state index contributed by atoms with van der Waals surface area (Å²) in [7, 11) is 0. The molecule has 3 N–H and O–H groups in total. The molecule has 96 valence electrons. The van der Waals surface area contributed by atoms with E-state index in [0.29, 0.717) is 12.8 Å². The van der Waals surface area contributed by atoms with Gasteiger partial charge in [0.1, 0.15) is 0 Å². The van der Waals surface area contributed by atoms with Crippen LogP contribution in [0.25, 0.3) is 0 Å². The summed E-state index contributed by atoms with van der Waals surface area (Å²) in [5.41, 5.74) is 4.94. The van der Waals surface area contributed by atoms with Crippen molar-refractivity contribution < 1.29 is 13.6 Å². The van der Waals surface area contributed by atoms with Gasteiger partial charge in [-0.05, 0) is 25.0 Å². The van der Waals surface area contributed by atoms with Crippen molar-refractivity contribution in [2.75, 3.05) is 5.32 Å². The summed E-state index contributed by atoms with van der Waals surface area (Å²) >= 11 is 4.90. The van der Waals surface area contributed by atoms with Gasteiger partial charge in [-0.2, -0.15) is 0 Å². The zero-order valence-electron chi connectivity index (χ0n) is 9.50. The van der Waals surface area contributed by atoms with Crippen LogP contribution in [0.1, 0.15) is 19.3 Å². The van der Waals surface area contributed by atoms with E-state index in [-0.39, 0.29) is 16.6 Å². The number of anilines is 1. The molecule has 0 aromatic heterocycles. The van der Waals surface area contributed by atoms with E-state index in [1.165, 1.54) is 6.07 Å². The number of hydrogen-bond acceptors (Lipinski definition) is 2. The second-order valence-corrected chi connectivity index (χ2v) is 4.82. The number of thiocarbonyl (C=S) groups is 1. The van der Waals surface area contributed by atoms with Gasteiger partial charge in [0.2, 0.25) is 5.91 Å². The van der Waals surface area contributed by atoms with E-state index >= 15 is 0 Å². The van der Waals surface area contributed by atoms with E-state index in [9.17, 15) is 13.6 Å². The van der Waals surface area contributed by atoms with E-state index in [4.69, 9.17) is 18.0 Å². The fourth-order valence-electron chi connectivity index (χ4n) is 1.94. The monoisotopic (exact) mass is 270 g/mol. The highest BCUT2D eigenvalue weighted by atomic mass is 32.1. The summed E-state index contributed by atoms with van der Waals surface area (Å²) in [6, 6.07) is 3.18. The summed E-state index contributed by atoms with van der Waals surface area (Å²) < 4.78 is 25.8. The van der Waals surface area contributed by atoms with E-state index in [1.807, 2.05) is 0 Å². The van der Waals surface area contributed by atoms with Crippen molar-refractivity contribution in [1.82, 2.24) is 0 Å². The van der Waals surface area contributed by atoms with E-state index in [1.54, 1.807) is 0 Å². The standard InChI is InChI=1S/C12H12F2N2OS/c13-8-3-2-7(6-9(8)14)16-11(17)12(10(15)18)4-1-5-12/h2-3,6H,1,4-5H2,(H2,15,18)(H,16,17). The molecule has 0 atom stereocenters. The molecule has 1 aliphatic rings. The van der Waals surface area contributed by atoms with Crippen LogP contribution in [0.2, 0.25) is 0 Å². The first-order valence-electron chi connectivity index (χ1n) is 5.52. The Morgan fingerprint density at radius 2 is 2.00 bits per heavy atom. The number of nitrogens with one attached hydrogen (secondary N) is 1. The molecule has 1 aromatic rings. The molecule has 18 heavy (non-hydrogen) atoms. The zero-order chi connectivity index (χ0) is 13.3. The van der Waals surface area contributed by atoms with E-state index < -0.39 is 17.0 Å². The summed E-state index contributed by atoms with van der Waals surface area (Å²) in [5.74, 6) is -2.32. The second-order valence-electron chi connectivity index (χ2n) is 4.38. The first kappa shape index (κ1) is 12.9. The molecule has 1 aromatic carbocycles. The van der Waals surface area contributed by atoms with Crippen molar-refractivity contribution in [1.29, 1.82) is 0 Å². The maximum absolute atomic E-state index is 13.0. The third-order valence-electron chi connectivity index (χ3n) is 3.29. The first-order valence-corrected chi connectivity index (χ1v) is 5.93. The van der Waals surface area contributed by atoms with Crippen LogP contribution in [0.4, 0.5) is 14.5 Å². The SMILES string of the molecule is NC(=S)C1(C(=O)Nc2ccc(F)c(F)c2)CCC1. The Labute approximate surface area is 108 Å². The summed E-state index contributed by atoms with van der Waals surface area (Å²) in [4.78, 5) is 12.2. The Bertz CT molecular complexity index is 515. The number of rotatable bonds is 3. The maximum atomic E-state index is 13.0. The minimum Gasteiger partial charge on any atom is -0.392 e. The Kier molecular flexibility index (Phi) is 3.30. The second kappa shape index (κ2) is 4.61. The van der Waals surface area contributed by atoms with E-state index in [0.717, 1.165) is 18.6 Å². The molecule has 0 heterocycles. The van der Waals surface area contributed by atoms with Gasteiger partial charge in [-0.15, -0.1) is 0 Å². The van der Waals surface area contributed by atoms with Crippen molar-refractivity contribution in [3.05, 3.63) is 29.8 Å². The molecule has 1 amide bonds. The van der Waals surface area contributed by atoms with Crippen LogP contribution in [0.3, 0.4) is 0 Å². The zero-order valence-corrected chi connectivity index (χ0v) is 10.3. The van der Waals surface area contributed by atoms with Crippen LogP contribution in [0, 0.1) is 17.0 Å². The number of halogens is 2. The summed E-state index contributed by atoms with van der Waals surface area (Å²) in [6.07, 6.45) is 2.07. The Hall–Kier alpha value is -1.56. The van der Waals surface area contributed by atoms with Crippen LogP contribution in [-0.2, 0) is 4.79 Å². The largest absolute Gasteiger partial charge is 0.392 e. The van der Waals surface area contributed by atoms with Crippen LogP contribution in [-0.4, -0.2) is 10.9 Å². The van der Waals surface area contributed by atoms with E-state index in [2.05, 4.69) is 5.32 Å². The molecule has 0 saturated heterocycles. The van der Waals surface area contributed by atoms with Gasteiger partial charge in [-0.25, -0.2) is 8.78 Å². The highest BCUT2D eigenvalue weighted by molar-refractivity contribution is 7.80. The van der Waals surface area contributed by atoms with Crippen LogP contribution in [0.15, 0.2) is 18.2 Å². The highest BCUT2D eigenvalue weighted by Gasteiger charge is 2.46. The van der Waals surface area contributed by atoms with Crippen LogP contribution in [0.5, 0.6) is 0 Å². The minimum absolute atomic E-state index is 0.147. The molecule has 3 nitrogen and oxygen atoms in total. The summed E-state index contributed by atoms with van der Waals surface area (Å²) in [6.45, 7) is 0. The predicted molar refractivity (Wildman–Crippen MR) is 68.1 cm³/mol. The number of hydrogen-bond donors (Lipinski definition) is 2. The van der Waals surface area contributed by atoms with Crippen molar-refractivity contribution in [3.8, 4) is 0 Å². The Morgan fingerprint density at radius 1 is 1.33 bits per heavy atom. The molecule has 0 unspecified atom stereocenters. The number of carbonyl (C=O) groups excluding carboxylic acids is 1. The smallest absolute Gasteiger partial charge is 0.237 e. The van der Waals surface area contributed by atoms with Gasteiger partial charge < -0.3 is 11.1 Å². The minimum atomic E-state index is -1.01. The van der Waals surface area contributed by atoms with Gasteiger partial charge in [0.05, 0.1) is 10.4 Å². The molecule has 0 aliphatic heterocycles. The summed E-state index contributed by atoms with van der Waals surface area (Å²) in [5, 5.41) is 2.52. The average molecular weight is 270 g/mol. The molecule has 2 rings (SSSR count). The van der Waals surface area contributed by atoms with Gasteiger partial charge in [0, 0.05) is 11.8 Å². The topological polar surface area (TPSA) is 55.1 Å². The molecular weight excluding hydrogens is 258 g/mol. The fraction of sp³-hybridized carbons (Fsp3) is 0.333. The number of amides is 1. The van der Waals surface area contributed by atoms with Gasteiger partial charge >= 0.3 is 0 Å². The molecule has 0 bridgehead atoms. The Morgan fingerprint density at radius 3 is 2.44 bits per heavy atom. The van der Waals surface area contributed by atoms with Gasteiger partial charge in [-0.3, -0.25) is 4.79 Å². The lowest BCUT2D eigenvalue weighted by atomic mass is 9.68. The Balaban J connectivity index is 2.16. The molecular formula is C12H12F2N2OS. The molecule has 6 heteroatoms. The van der Waals surface area contributed by atoms with Crippen molar-refractivity contribution in [2.24, 2.45) is 11.1 Å². The third-order valence-corrected chi connectivity index (χ3v) is 3.68. The molecule has 0 spiro atoms. The highest BCUT2D eigenvalue weighted by Crippen LogP contribution is 2.42. The number of benzene rings is 1. The number of carbonyl (C=O) groups is 1. The van der Waals surface area contributed by atoms with Gasteiger partial charge in [0.15, 0.2) is 11.6 Å². The van der Waals surface area contributed by atoms with Crippen molar-refractivity contribution >= 4 is 28.8 Å². The van der Waals surface area contributed by atoms with Crippen molar-refractivity contribution in [2.45, 2.75) is 19.3 Å². The lowest BCUT2D eigenvalue weighted by Gasteiger charge is -2.39. The quantitative estimate of drug-likeness (QED) is 0.829. The van der Waals surface area contributed by atoms with Crippen LogP contribution < -0.4 is 11.1 Å². The number of nitrogens with two attached hydrogens (primary N) is 1. The van der Waals surface area contributed by atoms with Crippen molar-refractivity contribution in [3.63, 3.8) is 0 Å². The normalized spacial score (nSPS) is 16.8. The molecule has 1 saturated carbocycles. The molecule has 1 aliphatic carbocycles. The lowest BCUT2D eigenvalue weighted by Crippen LogP contribution is -2.50. The van der Waals surface area contributed by atoms with Crippen LogP contribution >= 0.6 is 12.2 Å². The van der Waals surface area contributed by atoms with Gasteiger partial charge in [-0.1, -0.05) is 18.6 Å². The predicted octanol–water partition coefficient (Wildman–Crippen LogP) is 2.36. The molecule has 1 fully saturated rings.